The lowest BCUT2D eigenvalue weighted by Crippen LogP contribution is -2.33. The van der Waals surface area contributed by atoms with Crippen LogP contribution >= 0.6 is 0 Å². The van der Waals surface area contributed by atoms with Crippen molar-refractivity contribution in [3.05, 3.63) is 99.6 Å². The highest BCUT2D eigenvalue weighted by atomic mass is 16.5. The number of rotatable bonds is 9. The van der Waals surface area contributed by atoms with Crippen molar-refractivity contribution in [2.45, 2.75) is 64.5 Å². The molecule has 5 rings (SSSR count). The Bertz CT molecular complexity index is 1210. The quantitative estimate of drug-likeness (QED) is 0.346. The SMILES string of the molecule is CCc1cc2c(cc1CC)CC(NC[C@H](O)c1ccc(OCc3ccccc3)c3c1C=CC(O)N3)C2. The summed E-state index contributed by atoms with van der Waals surface area (Å²) in [7, 11) is 0. The van der Waals surface area contributed by atoms with Crippen molar-refractivity contribution in [3.8, 4) is 5.75 Å². The Kier molecular flexibility index (Phi) is 7.42. The monoisotopic (exact) mass is 484 g/mol. The number of nitrogens with one attached hydrogen (secondary N) is 2. The van der Waals surface area contributed by atoms with E-state index >= 15 is 0 Å². The molecule has 0 aromatic heterocycles. The summed E-state index contributed by atoms with van der Waals surface area (Å²) in [6.45, 7) is 5.35. The molecule has 1 aliphatic carbocycles. The van der Waals surface area contributed by atoms with E-state index in [1.165, 1.54) is 22.3 Å². The minimum absolute atomic E-state index is 0.325. The average Bonchev–Trinajstić information content (AvgIpc) is 3.31. The van der Waals surface area contributed by atoms with E-state index in [0.717, 1.165) is 42.4 Å². The Morgan fingerprint density at radius 3 is 2.36 bits per heavy atom. The smallest absolute Gasteiger partial charge is 0.144 e. The molecular formula is C31H36N2O3. The molecule has 0 saturated carbocycles. The first-order valence-corrected chi connectivity index (χ1v) is 13.1. The van der Waals surface area contributed by atoms with Gasteiger partial charge in [-0.3, -0.25) is 0 Å². The second kappa shape index (κ2) is 10.9. The third kappa shape index (κ3) is 5.19. The van der Waals surface area contributed by atoms with Crippen molar-refractivity contribution >= 4 is 11.8 Å². The highest BCUT2D eigenvalue weighted by Gasteiger charge is 2.25. The van der Waals surface area contributed by atoms with Crippen LogP contribution in [0.1, 0.15) is 58.9 Å². The maximum Gasteiger partial charge on any atom is 0.144 e. The highest BCUT2D eigenvalue weighted by molar-refractivity contribution is 5.78. The predicted molar refractivity (Wildman–Crippen MR) is 145 cm³/mol. The van der Waals surface area contributed by atoms with E-state index in [1.54, 1.807) is 6.08 Å². The first-order chi connectivity index (χ1) is 17.6. The van der Waals surface area contributed by atoms with Gasteiger partial charge in [0.1, 0.15) is 18.6 Å². The van der Waals surface area contributed by atoms with Gasteiger partial charge in [-0.15, -0.1) is 0 Å². The molecule has 1 unspecified atom stereocenters. The molecule has 4 N–H and O–H groups in total. The van der Waals surface area contributed by atoms with Gasteiger partial charge in [0.15, 0.2) is 0 Å². The lowest BCUT2D eigenvalue weighted by atomic mass is 9.97. The fraction of sp³-hybridized carbons (Fsp3) is 0.355. The number of fused-ring (bicyclic) bond motifs is 2. The molecule has 0 bridgehead atoms. The summed E-state index contributed by atoms with van der Waals surface area (Å²) in [6.07, 6.45) is 6.23. The van der Waals surface area contributed by atoms with E-state index in [1.807, 2.05) is 48.5 Å². The molecule has 0 amide bonds. The summed E-state index contributed by atoms with van der Waals surface area (Å²) in [6, 6.07) is 18.9. The van der Waals surface area contributed by atoms with E-state index in [9.17, 15) is 10.2 Å². The van der Waals surface area contributed by atoms with Crippen LogP contribution in [0.4, 0.5) is 5.69 Å². The Labute approximate surface area is 213 Å². The zero-order valence-electron chi connectivity index (χ0n) is 21.1. The standard InChI is InChI=1S/C31H36N2O3/c1-3-21-14-23-16-25(17-24(23)15-22(21)4-2)32-18-28(34)26-10-12-29(31-27(26)11-13-30(35)33-31)36-19-20-8-6-5-7-9-20/h5-15,25,28,30,32-35H,3-4,16-19H2,1-2H3/t28-,30?/m0/s1. The Hall–Kier alpha value is -3.12. The maximum absolute atomic E-state index is 11.2. The molecule has 188 valence electrons. The number of aliphatic hydroxyl groups excluding tert-OH is 2. The number of hydrogen-bond donors (Lipinski definition) is 4. The van der Waals surface area contributed by atoms with Crippen LogP contribution in [0.2, 0.25) is 0 Å². The van der Waals surface area contributed by atoms with Crippen LogP contribution in [0.25, 0.3) is 6.08 Å². The summed E-state index contributed by atoms with van der Waals surface area (Å²) < 4.78 is 6.08. The van der Waals surface area contributed by atoms with Crippen LogP contribution in [-0.2, 0) is 32.3 Å². The van der Waals surface area contributed by atoms with Gasteiger partial charge in [-0.1, -0.05) is 68.5 Å². The average molecular weight is 485 g/mol. The molecule has 1 heterocycles. The van der Waals surface area contributed by atoms with Crippen molar-refractivity contribution in [1.82, 2.24) is 5.32 Å². The second-order valence-electron chi connectivity index (χ2n) is 9.79. The lowest BCUT2D eigenvalue weighted by molar-refractivity contribution is 0.169. The maximum atomic E-state index is 11.2. The van der Waals surface area contributed by atoms with Crippen molar-refractivity contribution < 1.29 is 14.9 Å². The number of ether oxygens (including phenoxy) is 1. The fourth-order valence-electron chi connectivity index (χ4n) is 5.44. The summed E-state index contributed by atoms with van der Waals surface area (Å²) in [5.74, 6) is 0.658. The Balaban J connectivity index is 1.28. The molecule has 0 fully saturated rings. The summed E-state index contributed by atoms with van der Waals surface area (Å²) in [5, 5.41) is 28.0. The van der Waals surface area contributed by atoms with Crippen molar-refractivity contribution in [3.63, 3.8) is 0 Å². The van der Waals surface area contributed by atoms with Crippen molar-refractivity contribution in [2.24, 2.45) is 0 Å². The van der Waals surface area contributed by atoms with Gasteiger partial charge in [0.25, 0.3) is 0 Å². The summed E-state index contributed by atoms with van der Waals surface area (Å²) in [4.78, 5) is 0. The second-order valence-corrected chi connectivity index (χ2v) is 9.79. The molecule has 2 atom stereocenters. The van der Waals surface area contributed by atoms with E-state index in [4.69, 9.17) is 4.74 Å². The molecule has 0 spiro atoms. The van der Waals surface area contributed by atoms with Gasteiger partial charge in [0.2, 0.25) is 0 Å². The normalized spacial score (nSPS) is 17.4. The molecule has 0 radical (unpaired) electrons. The third-order valence-electron chi connectivity index (χ3n) is 7.39. The van der Waals surface area contributed by atoms with Crippen LogP contribution < -0.4 is 15.4 Å². The third-order valence-corrected chi connectivity index (χ3v) is 7.39. The van der Waals surface area contributed by atoms with E-state index in [-0.39, 0.29) is 0 Å². The molecular weight excluding hydrogens is 448 g/mol. The van der Waals surface area contributed by atoms with Gasteiger partial charge in [0.05, 0.1) is 11.8 Å². The van der Waals surface area contributed by atoms with Crippen molar-refractivity contribution in [1.29, 1.82) is 0 Å². The van der Waals surface area contributed by atoms with Crippen LogP contribution in [0.3, 0.4) is 0 Å². The number of aryl methyl sites for hydroxylation is 2. The van der Waals surface area contributed by atoms with Crippen molar-refractivity contribution in [2.75, 3.05) is 11.9 Å². The summed E-state index contributed by atoms with van der Waals surface area (Å²) >= 11 is 0. The van der Waals surface area contributed by atoms with E-state index in [2.05, 4.69) is 36.6 Å². The van der Waals surface area contributed by atoms with Gasteiger partial charge < -0.3 is 25.6 Å². The molecule has 3 aromatic rings. The highest BCUT2D eigenvalue weighted by Crippen LogP contribution is 2.38. The first-order valence-electron chi connectivity index (χ1n) is 13.1. The van der Waals surface area contributed by atoms with Gasteiger partial charge >= 0.3 is 0 Å². The fourth-order valence-corrected chi connectivity index (χ4v) is 5.44. The molecule has 5 nitrogen and oxygen atoms in total. The number of hydrogen-bond acceptors (Lipinski definition) is 5. The van der Waals surface area contributed by atoms with E-state index < -0.39 is 12.3 Å². The van der Waals surface area contributed by atoms with Gasteiger partial charge in [-0.25, -0.2) is 0 Å². The molecule has 2 aliphatic rings. The van der Waals surface area contributed by atoms with Gasteiger partial charge in [-0.2, -0.15) is 0 Å². The summed E-state index contributed by atoms with van der Waals surface area (Å²) in [5.41, 5.74) is 9.25. The topological polar surface area (TPSA) is 73.8 Å². The Morgan fingerprint density at radius 1 is 1.00 bits per heavy atom. The lowest BCUT2D eigenvalue weighted by Gasteiger charge is -2.26. The molecule has 36 heavy (non-hydrogen) atoms. The number of anilines is 1. The van der Waals surface area contributed by atoms with Crippen LogP contribution in [0.15, 0.2) is 60.7 Å². The number of aliphatic hydroxyl groups is 2. The number of benzene rings is 3. The molecule has 3 aromatic carbocycles. The molecule has 1 aliphatic heterocycles. The largest absolute Gasteiger partial charge is 0.487 e. The van der Waals surface area contributed by atoms with Crippen LogP contribution in [-0.4, -0.2) is 29.0 Å². The predicted octanol–water partition coefficient (Wildman–Crippen LogP) is 4.94. The first kappa shape index (κ1) is 24.6. The van der Waals surface area contributed by atoms with Crippen LogP contribution in [0, 0.1) is 0 Å². The van der Waals surface area contributed by atoms with Gasteiger partial charge in [-0.05, 0) is 71.2 Å². The van der Waals surface area contributed by atoms with E-state index in [0.29, 0.717) is 30.6 Å². The zero-order valence-corrected chi connectivity index (χ0v) is 21.1. The van der Waals surface area contributed by atoms with Crippen LogP contribution in [0.5, 0.6) is 5.75 Å². The Morgan fingerprint density at radius 2 is 1.69 bits per heavy atom. The molecule has 0 saturated heterocycles. The minimum atomic E-state index is -0.792. The minimum Gasteiger partial charge on any atom is -0.487 e. The van der Waals surface area contributed by atoms with Gasteiger partial charge in [0, 0.05) is 18.2 Å². The molecule has 5 heteroatoms. The zero-order chi connectivity index (χ0) is 25.1.